The summed E-state index contributed by atoms with van der Waals surface area (Å²) < 4.78 is 37.5. The van der Waals surface area contributed by atoms with Crippen molar-refractivity contribution >= 4 is 27.8 Å². The van der Waals surface area contributed by atoms with Gasteiger partial charge in [0.05, 0.1) is 18.0 Å². The van der Waals surface area contributed by atoms with E-state index in [4.69, 9.17) is 20.6 Å². The molecular formula is C26H23F2N7O2. The summed E-state index contributed by atoms with van der Waals surface area (Å²) in [6.07, 6.45) is 3.43. The van der Waals surface area contributed by atoms with E-state index < -0.39 is 23.2 Å². The summed E-state index contributed by atoms with van der Waals surface area (Å²) in [5.74, 6) is -0.402. The van der Waals surface area contributed by atoms with Gasteiger partial charge in [0.25, 0.3) is 5.56 Å². The van der Waals surface area contributed by atoms with Crippen LogP contribution in [0.5, 0.6) is 5.75 Å². The summed E-state index contributed by atoms with van der Waals surface area (Å²) in [4.78, 5) is 26.8. The molecular weight excluding hydrogens is 480 g/mol. The largest absolute Gasteiger partial charge is 0.494 e. The van der Waals surface area contributed by atoms with Crippen LogP contribution in [0.25, 0.3) is 33.2 Å². The van der Waals surface area contributed by atoms with Gasteiger partial charge < -0.3 is 10.5 Å². The molecule has 1 fully saturated rings. The van der Waals surface area contributed by atoms with Gasteiger partial charge in [0.15, 0.2) is 17.2 Å². The number of nitrogen functional groups attached to an aromatic ring is 1. The summed E-state index contributed by atoms with van der Waals surface area (Å²) in [6, 6.07) is 8.33. The predicted molar refractivity (Wildman–Crippen MR) is 134 cm³/mol. The van der Waals surface area contributed by atoms with Crippen molar-refractivity contribution in [3.63, 3.8) is 0 Å². The molecule has 1 saturated carbocycles. The van der Waals surface area contributed by atoms with E-state index in [0.29, 0.717) is 34.5 Å². The van der Waals surface area contributed by atoms with Gasteiger partial charge in [-0.15, -0.1) is 0 Å². The second-order valence-electron chi connectivity index (χ2n) is 9.03. The summed E-state index contributed by atoms with van der Waals surface area (Å²) in [5.41, 5.74) is 7.38. The topological polar surface area (TPSA) is 114 Å². The Bertz CT molecular complexity index is 1740. The molecule has 188 valence electrons. The Morgan fingerprint density at radius 1 is 1.14 bits per heavy atom. The van der Waals surface area contributed by atoms with E-state index in [2.05, 4.69) is 9.97 Å². The van der Waals surface area contributed by atoms with Crippen LogP contribution in [0.4, 0.5) is 14.6 Å². The fourth-order valence-corrected chi connectivity index (χ4v) is 4.83. The maximum absolute atomic E-state index is 14.6. The van der Waals surface area contributed by atoms with Gasteiger partial charge in [-0.25, -0.2) is 28.4 Å². The summed E-state index contributed by atoms with van der Waals surface area (Å²) in [7, 11) is 1.39. The number of anilines is 1. The minimum atomic E-state index is -0.599. The Kier molecular flexibility index (Phi) is 5.36. The first-order chi connectivity index (χ1) is 17.9. The molecule has 0 spiro atoms. The van der Waals surface area contributed by atoms with E-state index in [9.17, 15) is 13.6 Å². The molecule has 0 bridgehead atoms. The molecule has 0 aliphatic heterocycles. The highest BCUT2D eigenvalue weighted by molar-refractivity contribution is 5.98. The number of ether oxygens (including phenoxy) is 1. The van der Waals surface area contributed by atoms with Gasteiger partial charge in [0.2, 0.25) is 0 Å². The zero-order chi connectivity index (χ0) is 25.8. The molecule has 2 aromatic carbocycles. The molecule has 1 aliphatic rings. The molecule has 1 aliphatic carbocycles. The molecule has 9 nitrogen and oxygen atoms in total. The number of hydrogen-bond donors (Lipinski definition) is 1. The Morgan fingerprint density at radius 2 is 1.95 bits per heavy atom. The van der Waals surface area contributed by atoms with Crippen molar-refractivity contribution < 1.29 is 13.5 Å². The lowest BCUT2D eigenvalue weighted by atomic mass is 10.1. The van der Waals surface area contributed by atoms with E-state index in [1.807, 2.05) is 6.92 Å². The lowest BCUT2D eigenvalue weighted by Gasteiger charge is -2.21. The summed E-state index contributed by atoms with van der Waals surface area (Å²) in [6.45, 7) is 1.94. The molecule has 1 unspecified atom stereocenters. The van der Waals surface area contributed by atoms with Crippen LogP contribution in [-0.4, -0.2) is 36.4 Å². The molecule has 1 atom stereocenters. The normalized spacial score (nSPS) is 14.4. The molecule has 3 heterocycles. The Balaban J connectivity index is 1.62. The quantitative estimate of drug-likeness (QED) is 0.365. The van der Waals surface area contributed by atoms with Crippen LogP contribution in [0.3, 0.4) is 0 Å². The first-order valence-electron chi connectivity index (χ1n) is 12.0. The van der Waals surface area contributed by atoms with Crippen LogP contribution in [0.2, 0.25) is 0 Å². The number of rotatable bonds is 6. The maximum atomic E-state index is 14.6. The standard InChI is InChI=1S/C26H23F2N7O2/c1-3-18(24-32-17-6-4-5-15(27)20(17)26(36)34(24)14-8-9-14)35-25-21(23(29)30-12-31-25)22(33-35)13-7-10-19(37-2)16(28)11-13/h4-7,10-12,14,18H,3,8-9H2,1-2H3,(H2,29,30,31). The number of benzene rings is 2. The smallest absolute Gasteiger partial charge is 0.264 e. The van der Waals surface area contributed by atoms with Gasteiger partial charge >= 0.3 is 0 Å². The SMILES string of the molecule is CCC(c1nc2cccc(F)c2c(=O)n1C1CC1)n1nc(-c2ccc(OC)c(F)c2)c2c(N)ncnc21. The van der Waals surface area contributed by atoms with Crippen molar-refractivity contribution in [3.8, 4) is 17.0 Å². The lowest BCUT2D eigenvalue weighted by Crippen LogP contribution is -2.29. The predicted octanol–water partition coefficient (Wildman–Crippen LogP) is 4.41. The van der Waals surface area contributed by atoms with Crippen LogP contribution < -0.4 is 16.0 Å². The first-order valence-corrected chi connectivity index (χ1v) is 12.0. The van der Waals surface area contributed by atoms with Gasteiger partial charge in [-0.3, -0.25) is 9.36 Å². The number of methoxy groups -OCH3 is 1. The number of fused-ring (bicyclic) bond motifs is 2. The number of nitrogens with two attached hydrogens (primary N) is 1. The maximum Gasteiger partial charge on any atom is 0.264 e. The molecule has 0 amide bonds. The average molecular weight is 504 g/mol. The van der Waals surface area contributed by atoms with Crippen molar-refractivity contribution in [2.45, 2.75) is 38.3 Å². The molecule has 0 saturated heterocycles. The van der Waals surface area contributed by atoms with Crippen molar-refractivity contribution in [1.82, 2.24) is 29.3 Å². The molecule has 37 heavy (non-hydrogen) atoms. The van der Waals surface area contributed by atoms with Crippen molar-refractivity contribution in [1.29, 1.82) is 0 Å². The monoisotopic (exact) mass is 503 g/mol. The zero-order valence-electron chi connectivity index (χ0n) is 20.2. The third kappa shape index (κ3) is 3.61. The zero-order valence-corrected chi connectivity index (χ0v) is 20.2. The van der Waals surface area contributed by atoms with Crippen molar-refractivity contribution in [2.24, 2.45) is 0 Å². The average Bonchev–Trinajstić information content (AvgIpc) is 3.65. The van der Waals surface area contributed by atoms with Crippen LogP contribution >= 0.6 is 0 Å². The van der Waals surface area contributed by atoms with E-state index in [-0.39, 0.29) is 28.5 Å². The second-order valence-corrected chi connectivity index (χ2v) is 9.03. The van der Waals surface area contributed by atoms with Gasteiger partial charge in [-0.1, -0.05) is 13.0 Å². The van der Waals surface area contributed by atoms with Crippen molar-refractivity contribution in [2.75, 3.05) is 12.8 Å². The molecule has 5 aromatic rings. The second kappa shape index (κ2) is 8.61. The highest BCUT2D eigenvalue weighted by Gasteiger charge is 2.33. The van der Waals surface area contributed by atoms with E-state index in [0.717, 1.165) is 12.8 Å². The highest BCUT2D eigenvalue weighted by atomic mass is 19.1. The van der Waals surface area contributed by atoms with E-state index in [1.54, 1.807) is 21.4 Å². The number of halogens is 2. The molecule has 6 rings (SSSR count). The fraction of sp³-hybridized carbons (Fsp3) is 0.269. The first kappa shape index (κ1) is 23.0. The van der Waals surface area contributed by atoms with Gasteiger partial charge in [-0.2, -0.15) is 5.10 Å². The van der Waals surface area contributed by atoms with Crippen LogP contribution in [-0.2, 0) is 0 Å². The Labute approximate surface area is 209 Å². The third-order valence-electron chi connectivity index (χ3n) is 6.74. The third-order valence-corrected chi connectivity index (χ3v) is 6.74. The van der Waals surface area contributed by atoms with Crippen LogP contribution in [0.1, 0.15) is 44.1 Å². The highest BCUT2D eigenvalue weighted by Crippen LogP contribution is 2.39. The minimum Gasteiger partial charge on any atom is -0.494 e. The lowest BCUT2D eigenvalue weighted by molar-refractivity contribution is 0.386. The summed E-state index contributed by atoms with van der Waals surface area (Å²) in [5, 5.41) is 5.24. The summed E-state index contributed by atoms with van der Waals surface area (Å²) >= 11 is 0. The minimum absolute atomic E-state index is 0.0284. The van der Waals surface area contributed by atoms with Crippen LogP contribution in [0, 0.1) is 11.6 Å². The number of aromatic nitrogens is 6. The Morgan fingerprint density at radius 3 is 2.65 bits per heavy atom. The van der Waals surface area contributed by atoms with Gasteiger partial charge in [-0.05, 0) is 49.6 Å². The van der Waals surface area contributed by atoms with Gasteiger partial charge in [0, 0.05) is 11.6 Å². The molecule has 11 heteroatoms. The van der Waals surface area contributed by atoms with E-state index >= 15 is 0 Å². The van der Waals surface area contributed by atoms with Crippen molar-refractivity contribution in [3.05, 3.63) is 70.5 Å². The Hall–Kier alpha value is -4.41. The molecule has 0 radical (unpaired) electrons. The van der Waals surface area contributed by atoms with Gasteiger partial charge in [0.1, 0.15) is 40.9 Å². The number of nitrogens with zero attached hydrogens (tertiary/aromatic N) is 6. The fourth-order valence-electron chi connectivity index (χ4n) is 4.83. The number of hydrogen-bond acceptors (Lipinski definition) is 7. The molecule has 2 N–H and O–H groups in total. The van der Waals surface area contributed by atoms with Crippen LogP contribution in [0.15, 0.2) is 47.5 Å². The van der Waals surface area contributed by atoms with E-state index in [1.165, 1.54) is 37.7 Å². The molecule has 3 aromatic heterocycles.